The molecular weight excluding hydrogens is 415 g/mol. The van der Waals surface area contributed by atoms with Gasteiger partial charge in [0.05, 0.1) is 5.54 Å². The summed E-state index contributed by atoms with van der Waals surface area (Å²) >= 11 is 0. The lowest BCUT2D eigenvalue weighted by Gasteiger charge is -2.46. The van der Waals surface area contributed by atoms with E-state index in [2.05, 4.69) is 22.3 Å². The van der Waals surface area contributed by atoms with Gasteiger partial charge >= 0.3 is 6.09 Å². The number of nitrogens with zero attached hydrogens (tertiary/aromatic N) is 1. The first-order valence-corrected chi connectivity index (χ1v) is 12.3. The number of amides is 1. The fraction of sp³-hybridized carbons (Fsp3) is 0.536. The van der Waals surface area contributed by atoms with Crippen LogP contribution in [0, 0.1) is 5.82 Å². The molecule has 2 aromatic carbocycles. The number of piperidine rings is 1. The number of hydrogen-bond donors (Lipinski definition) is 1. The van der Waals surface area contributed by atoms with Crippen molar-refractivity contribution in [2.75, 3.05) is 13.1 Å². The fourth-order valence-electron chi connectivity index (χ4n) is 5.54. The van der Waals surface area contributed by atoms with Gasteiger partial charge in [0, 0.05) is 6.04 Å². The maximum Gasteiger partial charge on any atom is 0.408 e. The van der Waals surface area contributed by atoms with Crippen LogP contribution in [0.5, 0.6) is 0 Å². The molecule has 1 aliphatic carbocycles. The zero-order valence-corrected chi connectivity index (χ0v) is 20.1. The summed E-state index contributed by atoms with van der Waals surface area (Å²) < 4.78 is 18.9. The minimum atomic E-state index is -0.520. The molecule has 0 bridgehead atoms. The predicted octanol–water partition coefficient (Wildman–Crippen LogP) is 6.37. The van der Waals surface area contributed by atoms with Crippen molar-refractivity contribution < 1.29 is 13.9 Å². The van der Waals surface area contributed by atoms with Crippen molar-refractivity contribution in [3.63, 3.8) is 0 Å². The smallest absolute Gasteiger partial charge is 0.408 e. The first-order chi connectivity index (χ1) is 15.7. The second-order valence-electron chi connectivity index (χ2n) is 10.7. The Morgan fingerprint density at radius 3 is 2.15 bits per heavy atom. The van der Waals surface area contributed by atoms with Gasteiger partial charge in [-0.15, -0.1) is 0 Å². The average molecular weight is 453 g/mol. The summed E-state index contributed by atoms with van der Waals surface area (Å²) in [6.45, 7) is 7.84. The molecular formula is C28H37FN2O2. The normalized spacial score (nSPS) is 24.9. The predicted molar refractivity (Wildman–Crippen MR) is 130 cm³/mol. The second-order valence-corrected chi connectivity index (χ2v) is 10.7. The Labute approximate surface area is 197 Å². The molecule has 33 heavy (non-hydrogen) atoms. The Morgan fingerprint density at radius 1 is 0.970 bits per heavy atom. The van der Waals surface area contributed by atoms with Crippen LogP contribution >= 0.6 is 0 Å². The van der Waals surface area contributed by atoms with Gasteiger partial charge < -0.3 is 15.0 Å². The molecule has 1 amide bonds. The van der Waals surface area contributed by atoms with E-state index in [1.807, 2.05) is 51.1 Å². The Morgan fingerprint density at radius 2 is 1.58 bits per heavy atom. The van der Waals surface area contributed by atoms with Gasteiger partial charge in [-0.05, 0) is 102 Å². The molecule has 178 valence electrons. The van der Waals surface area contributed by atoms with Crippen LogP contribution in [-0.2, 0) is 10.3 Å². The zero-order chi connectivity index (χ0) is 23.5. The maximum atomic E-state index is 13.3. The number of nitrogens with one attached hydrogen (secondary N) is 1. The summed E-state index contributed by atoms with van der Waals surface area (Å²) in [5.41, 5.74) is 1.51. The molecule has 5 heteroatoms. The average Bonchev–Trinajstić information content (AvgIpc) is 2.79. The lowest BCUT2D eigenvalue weighted by Crippen LogP contribution is -2.53. The van der Waals surface area contributed by atoms with E-state index in [4.69, 9.17) is 4.74 Å². The first-order valence-electron chi connectivity index (χ1n) is 12.3. The van der Waals surface area contributed by atoms with Crippen molar-refractivity contribution in [3.8, 4) is 0 Å². The monoisotopic (exact) mass is 452 g/mol. The van der Waals surface area contributed by atoms with E-state index in [0.29, 0.717) is 12.0 Å². The van der Waals surface area contributed by atoms with Gasteiger partial charge in [0.15, 0.2) is 0 Å². The highest BCUT2D eigenvalue weighted by Gasteiger charge is 2.41. The Bertz CT molecular complexity index is 907. The summed E-state index contributed by atoms with van der Waals surface area (Å²) in [6, 6.07) is 17.9. The Balaban J connectivity index is 1.38. The van der Waals surface area contributed by atoms with Gasteiger partial charge in [0.25, 0.3) is 0 Å². The zero-order valence-electron chi connectivity index (χ0n) is 20.1. The summed E-state index contributed by atoms with van der Waals surface area (Å²) in [5, 5.41) is 3.25. The molecule has 4 rings (SSSR count). The summed E-state index contributed by atoms with van der Waals surface area (Å²) in [4.78, 5) is 15.3. The van der Waals surface area contributed by atoms with Gasteiger partial charge in [0.1, 0.15) is 11.4 Å². The molecule has 0 spiro atoms. The van der Waals surface area contributed by atoms with Crippen LogP contribution in [0.4, 0.5) is 9.18 Å². The van der Waals surface area contributed by atoms with Crippen molar-refractivity contribution in [1.82, 2.24) is 10.2 Å². The fourth-order valence-corrected chi connectivity index (χ4v) is 5.54. The molecule has 0 aromatic heterocycles. The third-order valence-electron chi connectivity index (χ3n) is 7.26. The van der Waals surface area contributed by atoms with Crippen LogP contribution in [-0.4, -0.2) is 35.7 Å². The van der Waals surface area contributed by atoms with Crippen LogP contribution in [0.1, 0.15) is 76.3 Å². The molecule has 0 unspecified atom stereocenters. The maximum absolute atomic E-state index is 13.3. The van der Waals surface area contributed by atoms with Gasteiger partial charge in [-0.2, -0.15) is 0 Å². The second kappa shape index (κ2) is 9.84. The summed E-state index contributed by atoms with van der Waals surface area (Å²) in [7, 11) is 0. The number of alkyl carbamates (subject to hydrolysis) is 1. The number of rotatable bonds is 4. The van der Waals surface area contributed by atoms with E-state index in [1.54, 1.807) is 12.1 Å². The first kappa shape index (κ1) is 23.7. The number of halogens is 1. The van der Waals surface area contributed by atoms with Crippen LogP contribution in [0.2, 0.25) is 0 Å². The number of benzene rings is 2. The largest absolute Gasteiger partial charge is 0.444 e. The van der Waals surface area contributed by atoms with Crippen LogP contribution in [0.15, 0.2) is 54.6 Å². The van der Waals surface area contributed by atoms with Gasteiger partial charge in [-0.3, -0.25) is 0 Å². The molecule has 2 aliphatic rings. The highest BCUT2D eigenvalue weighted by atomic mass is 19.1. The summed E-state index contributed by atoms with van der Waals surface area (Å²) in [5.74, 6) is 0.350. The molecule has 1 aliphatic heterocycles. The molecule has 1 saturated carbocycles. The number of hydrogen-bond acceptors (Lipinski definition) is 3. The Hall–Kier alpha value is -2.40. The molecule has 0 radical (unpaired) electrons. The van der Waals surface area contributed by atoms with E-state index in [1.165, 1.54) is 5.56 Å². The lowest BCUT2D eigenvalue weighted by atomic mass is 9.74. The van der Waals surface area contributed by atoms with E-state index >= 15 is 0 Å². The Kier molecular flexibility index (Phi) is 7.08. The molecule has 2 fully saturated rings. The van der Waals surface area contributed by atoms with Gasteiger partial charge in [-0.25, -0.2) is 9.18 Å². The molecule has 2 aromatic rings. The number of likely N-dealkylation sites (tertiary alicyclic amines) is 1. The third kappa shape index (κ3) is 5.94. The quantitative estimate of drug-likeness (QED) is 0.586. The number of ether oxygens (including phenoxy) is 1. The highest BCUT2D eigenvalue weighted by Crippen LogP contribution is 2.40. The molecule has 1 saturated heterocycles. The van der Waals surface area contributed by atoms with Crippen LogP contribution < -0.4 is 5.32 Å². The van der Waals surface area contributed by atoms with Crippen molar-refractivity contribution >= 4 is 6.09 Å². The molecule has 1 heterocycles. The van der Waals surface area contributed by atoms with Crippen LogP contribution in [0.25, 0.3) is 0 Å². The van der Waals surface area contributed by atoms with E-state index in [9.17, 15) is 9.18 Å². The number of carbonyl (C=O) groups excluding carboxylic acids is 1. The van der Waals surface area contributed by atoms with E-state index in [-0.39, 0.29) is 17.4 Å². The standard InChI is InChI=1S/C28H37FN2O2/c1-27(2,3)33-26(32)30-28(23-7-5-4-6-8-23)17-13-25(14-18-28)31-19-15-22(16-20-31)21-9-11-24(29)12-10-21/h4-12,22,25H,13-20H2,1-3H3,(H,30,32)/t25-,28-. The lowest BCUT2D eigenvalue weighted by molar-refractivity contribution is 0.0356. The van der Waals surface area contributed by atoms with E-state index in [0.717, 1.165) is 57.2 Å². The minimum Gasteiger partial charge on any atom is -0.444 e. The molecule has 0 atom stereocenters. The topological polar surface area (TPSA) is 41.6 Å². The van der Waals surface area contributed by atoms with Crippen LogP contribution in [0.3, 0.4) is 0 Å². The highest BCUT2D eigenvalue weighted by molar-refractivity contribution is 5.69. The third-order valence-corrected chi connectivity index (χ3v) is 7.26. The SMILES string of the molecule is CC(C)(C)OC(=O)N[C@]1(c2ccccc2)CC[C@@H](N2CCC(c3ccc(F)cc3)CC2)CC1. The van der Waals surface area contributed by atoms with Crippen molar-refractivity contribution in [1.29, 1.82) is 0 Å². The van der Waals surface area contributed by atoms with Crippen molar-refractivity contribution in [2.45, 2.75) is 82.4 Å². The van der Waals surface area contributed by atoms with Crippen molar-refractivity contribution in [3.05, 3.63) is 71.5 Å². The minimum absolute atomic E-state index is 0.166. The summed E-state index contributed by atoms with van der Waals surface area (Å²) in [6.07, 6.45) is 5.78. The molecule has 1 N–H and O–H groups in total. The molecule has 4 nitrogen and oxygen atoms in total. The van der Waals surface area contributed by atoms with E-state index < -0.39 is 5.60 Å². The van der Waals surface area contributed by atoms with Gasteiger partial charge in [-0.1, -0.05) is 42.5 Å². The van der Waals surface area contributed by atoms with Gasteiger partial charge in [0.2, 0.25) is 0 Å². The van der Waals surface area contributed by atoms with Crippen molar-refractivity contribution in [2.24, 2.45) is 0 Å². The number of carbonyl (C=O) groups is 1.